The van der Waals surface area contributed by atoms with Crippen LogP contribution in [0, 0.1) is 5.92 Å². The van der Waals surface area contributed by atoms with Crippen LogP contribution in [-0.2, 0) is 14.8 Å². The van der Waals surface area contributed by atoms with Crippen LogP contribution in [-0.4, -0.2) is 14.3 Å². The molecule has 0 saturated heterocycles. The van der Waals surface area contributed by atoms with E-state index in [1.165, 1.54) is 0 Å². The Morgan fingerprint density at radius 1 is 1.35 bits per heavy atom. The molecule has 1 aromatic carbocycles. The van der Waals surface area contributed by atoms with Gasteiger partial charge in [-0.05, 0) is 18.1 Å². The van der Waals surface area contributed by atoms with Crippen molar-refractivity contribution in [3.8, 4) is 0 Å². The molecule has 0 spiro atoms. The number of carbonyl (C=O) groups is 1. The van der Waals surface area contributed by atoms with E-state index >= 15 is 0 Å². The third-order valence-electron chi connectivity index (χ3n) is 2.84. The summed E-state index contributed by atoms with van der Waals surface area (Å²) in [6.45, 7) is 3.94. The lowest BCUT2D eigenvalue weighted by atomic mass is 10.1. The van der Waals surface area contributed by atoms with E-state index < -0.39 is 10.0 Å². The predicted octanol–water partition coefficient (Wildman–Crippen LogP) is 3.02. The van der Waals surface area contributed by atoms with Gasteiger partial charge in [-0.25, -0.2) is 13.6 Å². The van der Waals surface area contributed by atoms with Gasteiger partial charge in [0.1, 0.15) is 0 Å². The van der Waals surface area contributed by atoms with Gasteiger partial charge in [-0.15, -0.1) is 0 Å². The second-order valence-electron chi connectivity index (χ2n) is 4.57. The fourth-order valence-corrected chi connectivity index (χ4v) is 2.76. The highest BCUT2D eigenvalue weighted by atomic mass is 35.5. The van der Waals surface area contributed by atoms with Gasteiger partial charge in [-0.3, -0.25) is 4.79 Å². The average molecular weight is 339 g/mol. The van der Waals surface area contributed by atoms with Crippen molar-refractivity contribution in [2.75, 3.05) is 5.32 Å². The van der Waals surface area contributed by atoms with Crippen LogP contribution >= 0.6 is 23.2 Å². The summed E-state index contributed by atoms with van der Waals surface area (Å²) >= 11 is 11.9. The lowest BCUT2D eigenvalue weighted by molar-refractivity contribution is -0.117. The minimum atomic E-state index is -3.90. The van der Waals surface area contributed by atoms with Crippen LogP contribution in [0.3, 0.4) is 0 Å². The smallest absolute Gasteiger partial charge is 0.238 e. The summed E-state index contributed by atoms with van der Waals surface area (Å²) in [5.41, 5.74) is 0.189. The van der Waals surface area contributed by atoms with Gasteiger partial charge in [0, 0.05) is 6.42 Å². The summed E-state index contributed by atoms with van der Waals surface area (Å²) in [6.07, 6.45) is 1.21. The second-order valence-corrected chi connectivity index (χ2v) is 6.95. The Morgan fingerprint density at radius 2 is 1.85 bits per heavy atom. The zero-order valence-electron chi connectivity index (χ0n) is 11.1. The molecule has 1 unspecified atom stereocenters. The van der Waals surface area contributed by atoms with Gasteiger partial charge in [-0.1, -0.05) is 43.5 Å². The molecule has 20 heavy (non-hydrogen) atoms. The summed E-state index contributed by atoms with van der Waals surface area (Å²) in [5, 5.41) is 7.64. The topological polar surface area (TPSA) is 89.3 Å². The van der Waals surface area contributed by atoms with Crippen LogP contribution < -0.4 is 10.5 Å². The quantitative estimate of drug-likeness (QED) is 0.864. The molecule has 0 aromatic heterocycles. The highest BCUT2D eigenvalue weighted by Crippen LogP contribution is 2.33. The number of primary sulfonamides is 1. The maximum absolute atomic E-state index is 11.8. The van der Waals surface area contributed by atoms with Crippen molar-refractivity contribution in [3.63, 3.8) is 0 Å². The number of hydrogen-bond donors (Lipinski definition) is 2. The highest BCUT2D eigenvalue weighted by Gasteiger charge is 2.17. The first-order valence-electron chi connectivity index (χ1n) is 5.96. The van der Waals surface area contributed by atoms with Crippen molar-refractivity contribution >= 4 is 44.8 Å². The van der Waals surface area contributed by atoms with Crippen LogP contribution in [0.15, 0.2) is 17.0 Å². The fourth-order valence-electron chi connectivity index (χ4n) is 1.48. The first-order chi connectivity index (χ1) is 9.15. The zero-order chi connectivity index (χ0) is 15.5. The van der Waals surface area contributed by atoms with Crippen LogP contribution in [0.1, 0.15) is 26.7 Å². The van der Waals surface area contributed by atoms with Gasteiger partial charge in [0.15, 0.2) is 0 Å². The third-order valence-corrected chi connectivity index (χ3v) is 4.33. The van der Waals surface area contributed by atoms with Gasteiger partial charge < -0.3 is 5.32 Å². The maximum Gasteiger partial charge on any atom is 0.238 e. The standard InChI is InChI=1S/C12H16Cl2N2O3S/c1-3-7(2)4-11(17)16-12-9(13)5-8(6-10(12)14)20(15,18)19/h5-7H,3-4H2,1-2H3,(H,16,17)(H2,15,18,19). The lowest BCUT2D eigenvalue weighted by Crippen LogP contribution is -2.16. The molecule has 0 aliphatic rings. The lowest BCUT2D eigenvalue weighted by Gasteiger charge is -2.12. The Labute approximate surface area is 128 Å². The van der Waals surface area contributed by atoms with E-state index in [0.717, 1.165) is 18.6 Å². The Bertz CT molecular complexity index is 594. The largest absolute Gasteiger partial charge is 0.324 e. The van der Waals surface area contributed by atoms with Crippen molar-refractivity contribution in [2.45, 2.75) is 31.6 Å². The molecular weight excluding hydrogens is 323 g/mol. The SMILES string of the molecule is CCC(C)CC(=O)Nc1c(Cl)cc(S(N)(=O)=O)cc1Cl. The number of rotatable bonds is 5. The number of benzene rings is 1. The number of sulfonamides is 1. The minimum Gasteiger partial charge on any atom is -0.324 e. The molecule has 0 aliphatic carbocycles. The third kappa shape index (κ3) is 4.63. The van der Waals surface area contributed by atoms with E-state index in [9.17, 15) is 13.2 Å². The molecule has 1 amide bonds. The van der Waals surface area contributed by atoms with Crippen molar-refractivity contribution < 1.29 is 13.2 Å². The van der Waals surface area contributed by atoms with Crippen LogP contribution in [0.5, 0.6) is 0 Å². The van der Waals surface area contributed by atoms with Crippen molar-refractivity contribution in [1.82, 2.24) is 0 Å². The number of nitrogens with one attached hydrogen (secondary N) is 1. The molecule has 0 radical (unpaired) electrons. The first-order valence-corrected chi connectivity index (χ1v) is 8.27. The number of carbonyl (C=O) groups excluding carboxylic acids is 1. The second kappa shape index (κ2) is 6.76. The number of anilines is 1. The van der Waals surface area contributed by atoms with E-state index in [1.54, 1.807) is 0 Å². The van der Waals surface area contributed by atoms with Crippen LogP contribution in [0.4, 0.5) is 5.69 Å². The molecule has 1 atom stereocenters. The van der Waals surface area contributed by atoms with Crippen LogP contribution in [0.25, 0.3) is 0 Å². The summed E-state index contributed by atoms with van der Waals surface area (Å²) in [4.78, 5) is 11.6. The molecule has 5 nitrogen and oxygen atoms in total. The van der Waals surface area contributed by atoms with Crippen LogP contribution in [0.2, 0.25) is 10.0 Å². The Kier molecular flexibility index (Phi) is 5.82. The van der Waals surface area contributed by atoms with Crippen molar-refractivity contribution in [3.05, 3.63) is 22.2 Å². The first kappa shape index (κ1) is 17.2. The van der Waals surface area contributed by atoms with Crippen molar-refractivity contribution in [1.29, 1.82) is 0 Å². The Balaban J connectivity index is 3.01. The zero-order valence-corrected chi connectivity index (χ0v) is 13.4. The minimum absolute atomic E-state index is 0.0269. The molecule has 0 aliphatic heterocycles. The number of amides is 1. The fraction of sp³-hybridized carbons (Fsp3) is 0.417. The van der Waals surface area contributed by atoms with E-state index in [2.05, 4.69) is 5.32 Å². The Morgan fingerprint density at radius 3 is 2.25 bits per heavy atom. The molecular formula is C12H16Cl2N2O3S. The number of nitrogens with two attached hydrogens (primary N) is 1. The average Bonchev–Trinajstić information content (AvgIpc) is 2.32. The van der Waals surface area contributed by atoms with Gasteiger partial charge >= 0.3 is 0 Å². The highest BCUT2D eigenvalue weighted by molar-refractivity contribution is 7.89. The molecule has 3 N–H and O–H groups in total. The van der Waals surface area contributed by atoms with Gasteiger partial charge in [0.2, 0.25) is 15.9 Å². The summed E-state index contributed by atoms with van der Waals surface area (Å²) in [6, 6.07) is 2.31. The molecule has 0 saturated carbocycles. The van der Waals surface area contributed by atoms with E-state index in [4.69, 9.17) is 28.3 Å². The van der Waals surface area contributed by atoms with E-state index in [1.807, 2.05) is 13.8 Å². The summed E-state index contributed by atoms with van der Waals surface area (Å²) in [7, 11) is -3.90. The van der Waals surface area contributed by atoms with E-state index in [-0.39, 0.29) is 32.5 Å². The summed E-state index contributed by atoms with van der Waals surface area (Å²) < 4.78 is 22.5. The molecule has 1 rings (SSSR count). The van der Waals surface area contributed by atoms with Gasteiger partial charge in [0.25, 0.3) is 0 Å². The maximum atomic E-state index is 11.8. The molecule has 0 fully saturated rings. The predicted molar refractivity (Wildman–Crippen MR) is 80.5 cm³/mol. The molecule has 0 heterocycles. The Hall–Kier alpha value is -0.820. The van der Waals surface area contributed by atoms with Crippen molar-refractivity contribution in [2.24, 2.45) is 11.1 Å². The summed E-state index contributed by atoms with van der Waals surface area (Å²) in [5.74, 6) is 0.00255. The molecule has 112 valence electrons. The number of hydrogen-bond acceptors (Lipinski definition) is 3. The monoisotopic (exact) mass is 338 g/mol. The normalized spacial score (nSPS) is 13.1. The number of halogens is 2. The van der Waals surface area contributed by atoms with E-state index in [0.29, 0.717) is 6.42 Å². The molecule has 8 heteroatoms. The molecule has 1 aromatic rings. The van der Waals surface area contributed by atoms with Gasteiger partial charge in [-0.2, -0.15) is 0 Å². The van der Waals surface area contributed by atoms with Gasteiger partial charge in [0.05, 0.1) is 20.6 Å². The molecule has 0 bridgehead atoms.